The van der Waals surface area contributed by atoms with Crippen LogP contribution in [0, 0.1) is 24.7 Å². The number of imidazole rings is 1. The Labute approximate surface area is 119 Å². The molecule has 3 nitrogen and oxygen atoms in total. The van der Waals surface area contributed by atoms with Crippen molar-refractivity contribution >= 4 is 11.2 Å². The van der Waals surface area contributed by atoms with Crippen molar-refractivity contribution < 1.29 is 0 Å². The number of nitrogens with one attached hydrogen (secondary N) is 1. The molecule has 4 aliphatic rings. The highest BCUT2D eigenvalue weighted by Crippen LogP contribution is 2.60. The second kappa shape index (κ2) is 3.63. The Bertz CT molecular complexity index is 649. The van der Waals surface area contributed by atoms with E-state index in [9.17, 15) is 0 Å². The Morgan fingerprint density at radius 3 is 2.40 bits per heavy atom. The van der Waals surface area contributed by atoms with Gasteiger partial charge in [-0.15, -0.1) is 0 Å². The van der Waals surface area contributed by atoms with E-state index in [0.29, 0.717) is 5.41 Å². The predicted molar refractivity (Wildman–Crippen MR) is 78.5 cm³/mol. The minimum Gasteiger partial charge on any atom is -0.340 e. The number of fused-ring (bicyclic) bond motifs is 1. The van der Waals surface area contributed by atoms with Crippen molar-refractivity contribution in [1.29, 1.82) is 0 Å². The van der Waals surface area contributed by atoms with Crippen LogP contribution < -0.4 is 0 Å². The van der Waals surface area contributed by atoms with Crippen molar-refractivity contribution in [1.82, 2.24) is 15.0 Å². The van der Waals surface area contributed by atoms with E-state index in [1.807, 2.05) is 6.20 Å². The van der Waals surface area contributed by atoms with Gasteiger partial charge < -0.3 is 4.98 Å². The highest BCUT2D eigenvalue weighted by molar-refractivity contribution is 5.71. The SMILES string of the molecule is Cc1cnc2nc(C34CC5CC(CC(C5)C3)C4)[nH]c2c1. The van der Waals surface area contributed by atoms with Crippen LogP contribution in [0.3, 0.4) is 0 Å². The molecule has 6 rings (SSSR count). The van der Waals surface area contributed by atoms with Crippen LogP contribution in [0.2, 0.25) is 0 Å². The van der Waals surface area contributed by atoms with Crippen LogP contribution in [0.15, 0.2) is 12.3 Å². The third-order valence-electron chi connectivity index (χ3n) is 6.01. The molecule has 20 heavy (non-hydrogen) atoms. The summed E-state index contributed by atoms with van der Waals surface area (Å²) in [6.07, 6.45) is 10.4. The zero-order valence-corrected chi connectivity index (χ0v) is 12.0. The molecule has 0 aliphatic heterocycles. The summed E-state index contributed by atoms with van der Waals surface area (Å²) in [6.45, 7) is 2.09. The number of rotatable bonds is 1. The third kappa shape index (κ3) is 1.46. The summed E-state index contributed by atoms with van der Waals surface area (Å²) in [5, 5.41) is 0. The van der Waals surface area contributed by atoms with Gasteiger partial charge in [-0.2, -0.15) is 0 Å². The zero-order chi connectivity index (χ0) is 13.3. The Hall–Kier alpha value is -1.38. The third-order valence-corrected chi connectivity index (χ3v) is 6.01. The standard InChI is InChI=1S/C17H21N3/c1-10-2-14-15(18-9-10)20-16(19-14)17-6-11-3-12(7-17)5-13(4-11)8-17/h2,9,11-13H,3-8H2,1H3,(H,18,19,20). The number of hydrogen-bond donors (Lipinski definition) is 1. The highest BCUT2D eigenvalue weighted by atomic mass is 15.0. The molecule has 0 aromatic carbocycles. The molecule has 2 heterocycles. The van der Waals surface area contributed by atoms with Gasteiger partial charge in [0.1, 0.15) is 5.82 Å². The number of H-pyrrole nitrogens is 1. The Balaban J connectivity index is 1.63. The lowest BCUT2D eigenvalue weighted by molar-refractivity contribution is -0.00887. The van der Waals surface area contributed by atoms with Crippen LogP contribution in [-0.4, -0.2) is 15.0 Å². The summed E-state index contributed by atoms with van der Waals surface area (Å²) in [5.41, 5.74) is 3.58. The van der Waals surface area contributed by atoms with E-state index in [-0.39, 0.29) is 0 Å². The van der Waals surface area contributed by atoms with E-state index in [2.05, 4.69) is 23.0 Å². The number of pyridine rings is 1. The van der Waals surface area contributed by atoms with Crippen molar-refractivity contribution in [2.24, 2.45) is 17.8 Å². The molecule has 104 valence electrons. The molecule has 0 saturated heterocycles. The van der Waals surface area contributed by atoms with Crippen molar-refractivity contribution in [3.05, 3.63) is 23.7 Å². The van der Waals surface area contributed by atoms with E-state index < -0.39 is 0 Å². The number of aromatic amines is 1. The van der Waals surface area contributed by atoms with Gasteiger partial charge >= 0.3 is 0 Å². The first-order valence-electron chi connectivity index (χ1n) is 8.03. The van der Waals surface area contributed by atoms with Crippen molar-refractivity contribution in [3.63, 3.8) is 0 Å². The molecule has 0 atom stereocenters. The van der Waals surface area contributed by atoms with E-state index in [4.69, 9.17) is 4.98 Å². The lowest BCUT2D eigenvalue weighted by atomic mass is 9.49. The molecule has 0 amide bonds. The molecule has 3 heteroatoms. The van der Waals surface area contributed by atoms with Crippen molar-refractivity contribution in [3.8, 4) is 0 Å². The summed E-state index contributed by atoms with van der Waals surface area (Å²) in [4.78, 5) is 13.0. The second-order valence-electron chi connectivity index (χ2n) is 7.67. The molecule has 0 unspecified atom stereocenters. The van der Waals surface area contributed by atoms with E-state index >= 15 is 0 Å². The number of hydrogen-bond acceptors (Lipinski definition) is 2. The van der Waals surface area contributed by atoms with Gasteiger partial charge in [0.25, 0.3) is 0 Å². The smallest absolute Gasteiger partial charge is 0.177 e. The summed E-state index contributed by atoms with van der Waals surface area (Å²) in [7, 11) is 0. The number of aromatic nitrogens is 3. The van der Waals surface area contributed by atoms with Crippen LogP contribution in [-0.2, 0) is 5.41 Å². The molecular weight excluding hydrogens is 246 g/mol. The van der Waals surface area contributed by atoms with Crippen LogP contribution in [0.4, 0.5) is 0 Å². The minimum absolute atomic E-state index is 0.351. The molecule has 4 bridgehead atoms. The molecule has 4 fully saturated rings. The monoisotopic (exact) mass is 267 g/mol. The van der Waals surface area contributed by atoms with E-state index in [1.165, 1.54) is 49.9 Å². The lowest BCUT2D eigenvalue weighted by Gasteiger charge is -2.55. The number of nitrogens with zero attached hydrogens (tertiary/aromatic N) is 2. The second-order valence-corrected chi connectivity index (χ2v) is 7.67. The van der Waals surface area contributed by atoms with E-state index in [1.54, 1.807) is 0 Å². The lowest BCUT2D eigenvalue weighted by Crippen LogP contribution is -2.49. The van der Waals surface area contributed by atoms with Crippen LogP contribution in [0.5, 0.6) is 0 Å². The quantitative estimate of drug-likeness (QED) is 0.855. The Kier molecular flexibility index (Phi) is 2.05. The molecule has 4 aliphatic carbocycles. The van der Waals surface area contributed by atoms with Crippen LogP contribution in [0.1, 0.15) is 49.9 Å². The van der Waals surface area contributed by atoms with Gasteiger partial charge in [0.05, 0.1) is 5.52 Å². The average Bonchev–Trinajstić information content (AvgIpc) is 2.80. The zero-order valence-electron chi connectivity index (χ0n) is 12.0. The van der Waals surface area contributed by atoms with Crippen molar-refractivity contribution in [2.45, 2.75) is 50.9 Å². The molecule has 4 saturated carbocycles. The fourth-order valence-electron chi connectivity index (χ4n) is 5.66. The minimum atomic E-state index is 0.351. The van der Waals surface area contributed by atoms with Gasteiger partial charge in [0.15, 0.2) is 5.65 Å². The van der Waals surface area contributed by atoms with Gasteiger partial charge in [-0.25, -0.2) is 9.97 Å². The van der Waals surface area contributed by atoms with Gasteiger partial charge in [0, 0.05) is 11.6 Å². The number of aryl methyl sites for hydroxylation is 1. The van der Waals surface area contributed by atoms with Crippen molar-refractivity contribution in [2.75, 3.05) is 0 Å². The first kappa shape index (κ1) is 11.3. The maximum absolute atomic E-state index is 4.88. The molecular formula is C17H21N3. The van der Waals surface area contributed by atoms with Crippen LogP contribution in [0.25, 0.3) is 11.2 Å². The summed E-state index contributed by atoms with van der Waals surface area (Å²) >= 11 is 0. The maximum Gasteiger partial charge on any atom is 0.177 e. The van der Waals surface area contributed by atoms with Gasteiger partial charge in [0.2, 0.25) is 0 Å². The summed E-state index contributed by atoms with van der Waals surface area (Å²) < 4.78 is 0. The largest absolute Gasteiger partial charge is 0.340 e. The van der Waals surface area contributed by atoms with E-state index in [0.717, 1.165) is 28.9 Å². The Morgan fingerprint density at radius 2 is 1.75 bits per heavy atom. The highest BCUT2D eigenvalue weighted by Gasteiger charge is 2.53. The fraction of sp³-hybridized carbons (Fsp3) is 0.647. The van der Waals surface area contributed by atoms with Gasteiger partial charge in [-0.3, -0.25) is 0 Å². The van der Waals surface area contributed by atoms with Gasteiger partial charge in [-0.05, 0) is 74.8 Å². The molecule has 2 aromatic heterocycles. The first-order valence-corrected chi connectivity index (χ1v) is 8.03. The molecule has 0 spiro atoms. The summed E-state index contributed by atoms with van der Waals surface area (Å²) in [5.74, 6) is 4.13. The topological polar surface area (TPSA) is 41.6 Å². The summed E-state index contributed by atoms with van der Waals surface area (Å²) in [6, 6.07) is 2.18. The van der Waals surface area contributed by atoms with Gasteiger partial charge in [-0.1, -0.05) is 0 Å². The molecule has 0 radical (unpaired) electrons. The predicted octanol–water partition coefficient (Wildman–Crippen LogP) is 3.73. The maximum atomic E-state index is 4.88. The molecule has 2 aromatic rings. The fourth-order valence-corrected chi connectivity index (χ4v) is 5.66. The average molecular weight is 267 g/mol. The van der Waals surface area contributed by atoms with Crippen LogP contribution >= 0.6 is 0 Å². The normalized spacial score (nSPS) is 38.8. The first-order chi connectivity index (χ1) is 9.70. The molecule has 1 N–H and O–H groups in total. The Morgan fingerprint density at radius 1 is 1.10 bits per heavy atom.